The van der Waals surface area contributed by atoms with Crippen LogP contribution in [0.1, 0.15) is 23.4 Å². The smallest absolute Gasteiger partial charge is 0.230 e. The van der Waals surface area contributed by atoms with Crippen molar-refractivity contribution in [3.8, 4) is 5.88 Å². The molecule has 0 spiro atoms. The molecule has 1 saturated heterocycles. The molecule has 3 aromatic rings. The normalized spacial score (nSPS) is 18.0. The van der Waals surface area contributed by atoms with Gasteiger partial charge in [0.25, 0.3) is 0 Å². The number of thiazole rings is 1. The van der Waals surface area contributed by atoms with E-state index >= 15 is 0 Å². The van der Waals surface area contributed by atoms with Crippen LogP contribution in [-0.2, 0) is 0 Å². The molecule has 1 atom stereocenters. The first-order valence-corrected chi connectivity index (χ1v) is 9.22. The number of nitrogens with zero attached hydrogens (tertiary/aromatic N) is 5. The van der Waals surface area contributed by atoms with E-state index in [9.17, 15) is 9.50 Å². The van der Waals surface area contributed by atoms with Crippen LogP contribution in [0.25, 0.3) is 4.96 Å². The van der Waals surface area contributed by atoms with E-state index in [1.54, 1.807) is 12.1 Å². The minimum absolute atomic E-state index is 0.116. The Labute approximate surface area is 149 Å². The number of hydrogen-bond acceptors (Lipinski definition) is 6. The summed E-state index contributed by atoms with van der Waals surface area (Å²) in [5, 5.41) is 14.7. The molecule has 0 amide bonds. The summed E-state index contributed by atoms with van der Waals surface area (Å²) in [5.41, 5.74) is 0.964. The van der Waals surface area contributed by atoms with Crippen molar-refractivity contribution in [2.45, 2.75) is 13.0 Å². The average Bonchev–Trinajstić information content (AvgIpc) is 3.21. The summed E-state index contributed by atoms with van der Waals surface area (Å²) >= 11 is 1.43. The largest absolute Gasteiger partial charge is 0.492 e. The van der Waals surface area contributed by atoms with E-state index in [0.717, 1.165) is 43.2 Å². The molecule has 1 aliphatic heterocycles. The molecule has 2 aromatic heterocycles. The van der Waals surface area contributed by atoms with Crippen molar-refractivity contribution < 1.29 is 9.50 Å². The monoisotopic (exact) mass is 361 g/mol. The fraction of sp³-hybridized carbons (Fsp3) is 0.412. The first-order chi connectivity index (χ1) is 12.2. The van der Waals surface area contributed by atoms with Gasteiger partial charge in [-0.1, -0.05) is 30.4 Å². The maximum atomic E-state index is 13.4. The molecule has 0 saturated carbocycles. The van der Waals surface area contributed by atoms with Crippen LogP contribution in [0.5, 0.6) is 5.88 Å². The Morgan fingerprint density at radius 2 is 1.92 bits per heavy atom. The molecule has 1 N–H and O–H groups in total. The van der Waals surface area contributed by atoms with E-state index in [1.807, 2.05) is 0 Å². The van der Waals surface area contributed by atoms with E-state index in [-0.39, 0.29) is 17.7 Å². The molecule has 8 heteroatoms. The lowest BCUT2D eigenvalue weighted by Gasteiger charge is -2.38. The van der Waals surface area contributed by atoms with Gasteiger partial charge in [-0.3, -0.25) is 4.90 Å². The van der Waals surface area contributed by atoms with Crippen LogP contribution in [0.15, 0.2) is 30.6 Å². The molecule has 1 aliphatic rings. The summed E-state index contributed by atoms with van der Waals surface area (Å²) < 4.78 is 14.9. The Morgan fingerprint density at radius 1 is 1.20 bits per heavy atom. The predicted octanol–water partition coefficient (Wildman–Crippen LogP) is 2.36. The van der Waals surface area contributed by atoms with Gasteiger partial charge in [0.1, 0.15) is 12.1 Å². The van der Waals surface area contributed by atoms with E-state index in [4.69, 9.17) is 0 Å². The Balaban J connectivity index is 1.74. The lowest BCUT2D eigenvalue weighted by Crippen LogP contribution is -2.47. The highest BCUT2D eigenvalue weighted by Gasteiger charge is 2.31. The zero-order valence-electron chi connectivity index (χ0n) is 14.0. The fourth-order valence-corrected chi connectivity index (χ4v) is 4.47. The lowest BCUT2D eigenvalue weighted by atomic mass is 10.0. The summed E-state index contributed by atoms with van der Waals surface area (Å²) in [6.45, 7) is 6.95. The second-order valence-electron chi connectivity index (χ2n) is 6.17. The molecular formula is C17H20FN5OS. The number of aromatic nitrogens is 3. The van der Waals surface area contributed by atoms with Gasteiger partial charge in [-0.2, -0.15) is 9.61 Å². The van der Waals surface area contributed by atoms with Crippen LogP contribution in [0.4, 0.5) is 4.39 Å². The minimum Gasteiger partial charge on any atom is -0.492 e. The second-order valence-corrected chi connectivity index (χ2v) is 7.18. The number of piperazine rings is 1. The van der Waals surface area contributed by atoms with Crippen molar-refractivity contribution in [3.63, 3.8) is 0 Å². The van der Waals surface area contributed by atoms with Gasteiger partial charge in [-0.25, -0.2) is 9.37 Å². The summed E-state index contributed by atoms with van der Waals surface area (Å²) in [7, 11) is 0. The zero-order chi connectivity index (χ0) is 17.4. The van der Waals surface area contributed by atoms with Crippen LogP contribution < -0.4 is 0 Å². The topological polar surface area (TPSA) is 56.9 Å². The highest BCUT2D eigenvalue weighted by molar-refractivity contribution is 7.17. The standard InChI is InChI=1S/C17H20FN5OS/c1-2-21-7-9-22(10-8-21)14(12-3-5-13(18)6-4-12)15-16(24)23-17(25-15)19-11-20-23/h3-6,11,14,24H,2,7-10H2,1H3/t14-/m0/s1. The predicted molar refractivity (Wildman–Crippen MR) is 94.5 cm³/mol. The second kappa shape index (κ2) is 6.70. The van der Waals surface area contributed by atoms with Gasteiger partial charge in [-0.05, 0) is 24.2 Å². The zero-order valence-corrected chi connectivity index (χ0v) is 14.8. The quantitative estimate of drug-likeness (QED) is 0.773. The number of aromatic hydroxyl groups is 1. The van der Waals surface area contributed by atoms with Gasteiger partial charge >= 0.3 is 0 Å². The summed E-state index contributed by atoms with van der Waals surface area (Å²) in [5.74, 6) is -0.144. The molecule has 132 valence electrons. The Bertz CT molecular complexity index is 854. The SMILES string of the molecule is CCN1CCN([C@@H](c2ccc(F)cc2)c2sc3ncnn3c2O)CC1. The van der Waals surface area contributed by atoms with Crippen LogP contribution in [0, 0.1) is 5.82 Å². The molecule has 6 nitrogen and oxygen atoms in total. The van der Waals surface area contributed by atoms with Crippen LogP contribution in [0.2, 0.25) is 0 Å². The molecule has 1 aromatic carbocycles. The van der Waals surface area contributed by atoms with Crippen molar-refractivity contribution in [1.29, 1.82) is 0 Å². The number of hydrogen-bond donors (Lipinski definition) is 1. The summed E-state index contributed by atoms with van der Waals surface area (Å²) in [6, 6.07) is 6.40. The Morgan fingerprint density at radius 3 is 2.56 bits per heavy atom. The molecule has 0 unspecified atom stereocenters. The molecule has 3 heterocycles. The highest BCUT2D eigenvalue weighted by atomic mass is 32.1. The lowest BCUT2D eigenvalue weighted by molar-refractivity contribution is 0.113. The number of benzene rings is 1. The van der Waals surface area contributed by atoms with Gasteiger partial charge in [0.05, 0.1) is 10.9 Å². The molecule has 0 aliphatic carbocycles. The molecular weight excluding hydrogens is 341 g/mol. The van der Waals surface area contributed by atoms with Crippen LogP contribution in [0.3, 0.4) is 0 Å². The van der Waals surface area contributed by atoms with E-state index < -0.39 is 0 Å². The molecule has 25 heavy (non-hydrogen) atoms. The summed E-state index contributed by atoms with van der Waals surface area (Å²) in [6.07, 6.45) is 1.43. The van der Waals surface area contributed by atoms with E-state index in [0.29, 0.717) is 4.96 Å². The number of fused-ring (bicyclic) bond motifs is 1. The fourth-order valence-electron chi connectivity index (χ4n) is 3.38. The molecule has 0 bridgehead atoms. The Kier molecular flexibility index (Phi) is 4.41. The first-order valence-electron chi connectivity index (χ1n) is 8.40. The Hall–Kier alpha value is -2.03. The third-order valence-corrected chi connectivity index (χ3v) is 5.88. The first kappa shape index (κ1) is 16.4. The van der Waals surface area contributed by atoms with Crippen molar-refractivity contribution >= 4 is 16.3 Å². The minimum atomic E-state index is -0.259. The summed E-state index contributed by atoms with van der Waals surface area (Å²) in [4.78, 5) is 10.4. The maximum absolute atomic E-state index is 13.4. The van der Waals surface area contributed by atoms with Gasteiger partial charge in [0.15, 0.2) is 0 Å². The molecule has 4 rings (SSSR count). The van der Waals surface area contributed by atoms with Crippen molar-refractivity contribution in [3.05, 3.63) is 46.9 Å². The average molecular weight is 361 g/mol. The van der Waals surface area contributed by atoms with Crippen LogP contribution >= 0.6 is 11.3 Å². The van der Waals surface area contributed by atoms with Gasteiger partial charge in [0, 0.05) is 26.2 Å². The highest BCUT2D eigenvalue weighted by Crippen LogP contribution is 2.39. The maximum Gasteiger partial charge on any atom is 0.230 e. The third kappa shape index (κ3) is 3.01. The number of likely N-dealkylation sites (N-methyl/N-ethyl adjacent to an activating group) is 1. The number of halogens is 1. The molecule has 0 radical (unpaired) electrons. The van der Waals surface area contributed by atoms with Crippen LogP contribution in [-0.4, -0.2) is 62.2 Å². The van der Waals surface area contributed by atoms with Gasteiger partial charge in [0.2, 0.25) is 10.8 Å². The van der Waals surface area contributed by atoms with Gasteiger partial charge in [-0.15, -0.1) is 0 Å². The molecule has 1 fully saturated rings. The third-order valence-electron chi connectivity index (χ3n) is 4.79. The van der Waals surface area contributed by atoms with Crippen molar-refractivity contribution in [2.24, 2.45) is 0 Å². The van der Waals surface area contributed by atoms with Crippen molar-refractivity contribution in [1.82, 2.24) is 24.4 Å². The van der Waals surface area contributed by atoms with E-state index in [2.05, 4.69) is 26.8 Å². The van der Waals surface area contributed by atoms with Crippen molar-refractivity contribution in [2.75, 3.05) is 32.7 Å². The number of rotatable bonds is 4. The van der Waals surface area contributed by atoms with Gasteiger partial charge < -0.3 is 10.0 Å². The van der Waals surface area contributed by atoms with E-state index in [1.165, 1.54) is 34.3 Å².